The van der Waals surface area contributed by atoms with Crippen molar-refractivity contribution in [3.63, 3.8) is 0 Å². The van der Waals surface area contributed by atoms with Crippen molar-refractivity contribution < 1.29 is 44.1 Å². The number of amides is 3. The molecule has 0 aliphatic carbocycles. The SMILES string of the molecule is NNC(=O)c1[nH]nnc1C(=O)NNC(=O)CN1CCN(CC(=O)O)CCN(CC(=O)O)CCN(CC(=O)O)CC1. The third-order valence-corrected chi connectivity index (χ3v) is 5.81. The summed E-state index contributed by atoms with van der Waals surface area (Å²) in [6, 6.07) is 0. The first-order chi connectivity index (χ1) is 19.0. The van der Waals surface area contributed by atoms with E-state index >= 15 is 0 Å². The molecule has 0 aromatic carbocycles. The minimum atomic E-state index is -1.08. The van der Waals surface area contributed by atoms with Gasteiger partial charge < -0.3 is 15.3 Å². The van der Waals surface area contributed by atoms with Gasteiger partial charge >= 0.3 is 17.9 Å². The standard InChI is InChI=1S/C20H33N11O9/c21-22-19(39)17-18(25-27-24-17)20(40)26-23-13(32)9-28-1-3-29(10-14(33)34)5-7-31(12-16(37)38)8-6-30(4-2-28)11-15(35)36/h1-12,21H2,(H,22,39)(H,23,32)(H,26,40)(H,33,34)(H,35,36)(H,37,38)(H,24,25,27). The van der Waals surface area contributed by atoms with Crippen molar-refractivity contribution in [2.45, 2.75) is 0 Å². The van der Waals surface area contributed by atoms with Crippen LogP contribution < -0.4 is 22.1 Å². The van der Waals surface area contributed by atoms with Gasteiger partial charge in [0.25, 0.3) is 17.7 Å². The molecule has 1 aliphatic heterocycles. The van der Waals surface area contributed by atoms with Crippen LogP contribution in [0.1, 0.15) is 21.0 Å². The smallest absolute Gasteiger partial charge is 0.317 e. The molecule has 1 aromatic rings. The first-order valence-electron chi connectivity index (χ1n) is 12.0. The van der Waals surface area contributed by atoms with Crippen molar-refractivity contribution in [3.05, 3.63) is 11.4 Å². The van der Waals surface area contributed by atoms with E-state index in [9.17, 15) is 44.1 Å². The predicted octanol–water partition coefficient (Wildman–Crippen LogP) is -5.36. The van der Waals surface area contributed by atoms with E-state index in [1.807, 2.05) is 5.43 Å². The molecule has 0 bridgehead atoms. The number of nitrogens with one attached hydrogen (secondary N) is 4. The average Bonchev–Trinajstić information content (AvgIpc) is 3.37. The van der Waals surface area contributed by atoms with Gasteiger partial charge in [-0.05, 0) is 0 Å². The molecule has 1 aromatic heterocycles. The topological polar surface area (TPSA) is 280 Å². The van der Waals surface area contributed by atoms with Crippen molar-refractivity contribution in [3.8, 4) is 0 Å². The molecular formula is C20H33N11O9. The molecule has 40 heavy (non-hydrogen) atoms. The summed E-state index contributed by atoms with van der Waals surface area (Å²) in [5, 5.41) is 36.9. The number of hydrogen-bond donors (Lipinski definition) is 8. The minimum Gasteiger partial charge on any atom is -0.480 e. The zero-order valence-electron chi connectivity index (χ0n) is 21.5. The number of nitrogen functional groups attached to an aromatic ring is 1. The molecule has 20 heteroatoms. The third kappa shape index (κ3) is 11.2. The Morgan fingerprint density at radius 1 is 0.675 bits per heavy atom. The number of carbonyl (C=O) groups is 6. The Balaban J connectivity index is 2.08. The maximum absolute atomic E-state index is 12.6. The minimum absolute atomic E-state index is 0.207. The molecule has 0 radical (unpaired) electrons. The van der Waals surface area contributed by atoms with E-state index in [0.29, 0.717) is 0 Å². The number of carboxylic acids is 3. The highest BCUT2D eigenvalue weighted by molar-refractivity contribution is 6.04. The lowest BCUT2D eigenvalue weighted by Gasteiger charge is -2.32. The highest BCUT2D eigenvalue weighted by Gasteiger charge is 2.23. The molecule has 1 saturated heterocycles. The number of carbonyl (C=O) groups excluding carboxylic acids is 3. The summed E-state index contributed by atoms with van der Waals surface area (Å²) >= 11 is 0. The van der Waals surface area contributed by atoms with Gasteiger partial charge in [0.05, 0.1) is 26.2 Å². The maximum atomic E-state index is 12.6. The van der Waals surface area contributed by atoms with E-state index in [0.717, 1.165) is 0 Å². The van der Waals surface area contributed by atoms with E-state index in [2.05, 4.69) is 26.3 Å². The molecule has 9 N–H and O–H groups in total. The Morgan fingerprint density at radius 3 is 1.45 bits per heavy atom. The fraction of sp³-hybridized carbons (Fsp3) is 0.600. The monoisotopic (exact) mass is 571 g/mol. The van der Waals surface area contributed by atoms with Gasteiger partial charge in [0, 0.05) is 52.4 Å². The highest BCUT2D eigenvalue weighted by Crippen LogP contribution is 2.02. The zero-order chi connectivity index (χ0) is 29.7. The zero-order valence-corrected chi connectivity index (χ0v) is 21.5. The highest BCUT2D eigenvalue weighted by atomic mass is 16.4. The summed E-state index contributed by atoms with van der Waals surface area (Å²) in [5.41, 5.74) is 5.39. The van der Waals surface area contributed by atoms with Crippen LogP contribution in [0.2, 0.25) is 0 Å². The quantitative estimate of drug-likeness (QED) is 0.0739. The van der Waals surface area contributed by atoms with E-state index in [1.165, 1.54) is 0 Å². The van der Waals surface area contributed by atoms with Crippen LogP contribution in [-0.2, 0) is 19.2 Å². The van der Waals surface area contributed by atoms with Crippen LogP contribution in [-0.4, -0.2) is 164 Å². The lowest BCUT2D eigenvalue weighted by atomic mass is 10.3. The number of rotatable bonds is 10. The van der Waals surface area contributed by atoms with Crippen molar-refractivity contribution in [2.75, 3.05) is 78.5 Å². The molecule has 0 atom stereocenters. The normalized spacial score (nSPS) is 16.7. The Hall–Kier alpha value is -4.24. The number of H-pyrrole nitrogens is 1. The van der Waals surface area contributed by atoms with E-state index in [-0.39, 0.29) is 84.2 Å². The fourth-order valence-corrected chi connectivity index (χ4v) is 3.83. The summed E-state index contributed by atoms with van der Waals surface area (Å²) < 4.78 is 0. The van der Waals surface area contributed by atoms with Crippen LogP contribution in [0.15, 0.2) is 0 Å². The van der Waals surface area contributed by atoms with Crippen LogP contribution in [0, 0.1) is 0 Å². The van der Waals surface area contributed by atoms with Gasteiger partial charge in [-0.15, -0.1) is 5.10 Å². The first-order valence-corrected chi connectivity index (χ1v) is 12.0. The molecule has 222 valence electrons. The number of nitrogens with zero attached hydrogens (tertiary/aromatic N) is 6. The lowest BCUT2D eigenvalue weighted by molar-refractivity contribution is -0.140. The van der Waals surface area contributed by atoms with Gasteiger partial charge in [-0.25, -0.2) is 5.84 Å². The van der Waals surface area contributed by atoms with Crippen LogP contribution in [0.3, 0.4) is 0 Å². The second-order valence-corrected chi connectivity index (χ2v) is 8.80. The van der Waals surface area contributed by atoms with Gasteiger partial charge in [0.1, 0.15) is 0 Å². The molecule has 2 rings (SSSR count). The van der Waals surface area contributed by atoms with Crippen LogP contribution in [0.4, 0.5) is 0 Å². The predicted molar refractivity (Wildman–Crippen MR) is 132 cm³/mol. The lowest BCUT2D eigenvalue weighted by Crippen LogP contribution is -2.51. The second-order valence-electron chi connectivity index (χ2n) is 8.80. The molecule has 20 nitrogen and oxygen atoms in total. The number of aromatic nitrogens is 3. The summed E-state index contributed by atoms with van der Waals surface area (Å²) in [5.74, 6) is -0.633. The Labute approximate surface area is 227 Å². The van der Waals surface area contributed by atoms with E-state index < -0.39 is 41.3 Å². The second kappa shape index (κ2) is 16.0. The number of carboxylic acid groups (broad SMARTS) is 3. The number of nitrogens with two attached hydrogens (primary N) is 1. The molecule has 1 aliphatic rings. The number of hydrazine groups is 2. The van der Waals surface area contributed by atoms with Gasteiger partial charge in [0.2, 0.25) is 0 Å². The summed E-state index contributed by atoms with van der Waals surface area (Å²) in [7, 11) is 0. The van der Waals surface area contributed by atoms with Crippen molar-refractivity contribution in [2.24, 2.45) is 5.84 Å². The number of aliphatic carboxylic acids is 3. The number of aromatic amines is 1. The molecule has 3 amide bonds. The summed E-state index contributed by atoms with van der Waals surface area (Å²) in [6.07, 6.45) is 0. The van der Waals surface area contributed by atoms with E-state index in [4.69, 9.17) is 5.84 Å². The van der Waals surface area contributed by atoms with Crippen molar-refractivity contribution in [1.82, 2.24) is 51.3 Å². The maximum Gasteiger partial charge on any atom is 0.317 e. The molecular weight excluding hydrogens is 538 g/mol. The largest absolute Gasteiger partial charge is 0.480 e. The number of hydrogen-bond acceptors (Lipinski definition) is 13. The first kappa shape index (κ1) is 32.0. The molecule has 0 saturated carbocycles. The third-order valence-electron chi connectivity index (χ3n) is 5.81. The van der Waals surface area contributed by atoms with Crippen molar-refractivity contribution >= 4 is 35.6 Å². The van der Waals surface area contributed by atoms with Gasteiger partial charge in [0.15, 0.2) is 11.4 Å². The van der Waals surface area contributed by atoms with Gasteiger partial charge in [-0.2, -0.15) is 0 Å². The van der Waals surface area contributed by atoms with Crippen molar-refractivity contribution in [1.29, 1.82) is 0 Å². The summed E-state index contributed by atoms with van der Waals surface area (Å²) in [6.45, 7) is 0.613. The van der Waals surface area contributed by atoms with Gasteiger partial charge in [-0.3, -0.25) is 69.7 Å². The van der Waals surface area contributed by atoms with E-state index in [1.54, 1.807) is 19.6 Å². The fourth-order valence-electron chi connectivity index (χ4n) is 3.83. The molecule has 0 unspecified atom stereocenters. The van der Waals surface area contributed by atoms with Gasteiger partial charge in [-0.1, -0.05) is 5.21 Å². The Bertz CT molecular complexity index is 1030. The van der Waals surface area contributed by atoms with Crippen LogP contribution >= 0.6 is 0 Å². The Morgan fingerprint density at radius 2 is 1.07 bits per heavy atom. The molecule has 2 heterocycles. The average molecular weight is 572 g/mol. The molecule has 0 spiro atoms. The van der Waals surface area contributed by atoms with Crippen LogP contribution in [0.5, 0.6) is 0 Å². The summed E-state index contributed by atoms with van der Waals surface area (Å²) in [4.78, 5) is 77.1. The van der Waals surface area contributed by atoms with Crippen LogP contribution in [0.25, 0.3) is 0 Å². The Kier molecular flexibility index (Phi) is 12.8. The molecule has 1 fully saturated rings.